The third-order valence-corrected chi connectivity index (χ3v) is 44.2. The van der Waals surface area contributed by atoms with Crippen molar-refractivity contribution < 1.29 is 66.0 Å². The summed E-state index contributed by atoms with van der Waals surface area (Å²) in [7, 11) is -11.9. The van der Waals surface area contributed by atoms with Crippen LogP contribution in [0.3, 0.4) is 0 Å². The van der Waals surface area contributed by atoms with Gasteiger partial charge in [0.05, 0.1) is 68.5 Å². The van der Waals surface area contributed by atoms with Gasteiger partial charge in [-0.05, 0) is 105 Å². The number of aliphatic hydroxyl groups is 1. The predicted molar refractivity (Wildman–Crippen MR) is 366 cm³/mol. The zero-order chi connectivity index (χ0) is 65.1. The first-order chi connectivity index (χ1) is 41.9. The number of carbonyl (C=O) groups is 3. The molecule has 1 aromatic carbocycles. The van der Waals surface area contributed by atoms with E-state index in [4.69, 9.17) is 41.4 Å². The molecule has 3 N–H and O–H groups in total. The van der Waals surface area contributed by atoms with Crippen LogP contribution in [-0.2, 0) is 51.0 Å². The van der Waals surface area contributed by atoms with Crippen molar-refractivity contribution in [1.82, 2.24) is 5.32 Å². The molecule has 0 aliphatic carbocycles. The Morgan fingerprint density at radius 1 is 0.614 bits per heavy atom. The van der Waals surface area contributed by atoms with E-state index in [1.165, 1.54) is 0 Å². The van der Waals surface area contributed by atoms with Gasteiger partial charge in [-0.1, -0.05) is 176 Å². The summed E-state index contributed by atoms with van der Waals surface area (Å²) in [6.07, 6.45) is 9.65. The minimum Gasteiger partial charge on any atom is -0.481 e. The maximum Gasteiger partial charge on any atom is 0.311 e. The molecule has 500 valence electrons. The van der Waals surface area contributed by atoms with Gasteiger partial charge < -0.3 is 56.9 Å². The van der Waals surface area contributed by atoms with Crippen molar-refractivity contribution in [2.24, 2.45) is 5.92 Å². The third-order valence-electron chi connectivity index (χ3n) is 21.3. The third kappa shape index (κ3) is 20.2. The molecule has 4 heterocycles. The van der Waals surface area contributed by atoms with E-state index in [-0.39, 0.29) is 55.0 Å². The molecular formula is C68H119NO14Si5. The fourth-order valence-corrected chi connectivity index (χ4v) is 27.4. The molecule has 2 bridgehead atoms. The van der Waals surface area contributed by atoms with Gasteiger partial charge >= 0.3 is 11.9 Å². The maximum atomic E-state index is 14.7. The summed E-state index contributed by atoms with van der Waals surface area (Å²) in [6.45, 7) is 36.7. The molecule has 4 aliphatic rings. The van der Waals surface area contributed by atoms with Crippen LogP contribution in [0.4, 0.5) is 0 Å². The number of epoxide rings is 1. The molecular weight excluding hydrogens is 1200 g/mol. The standard InChI is InChI=1S/C68H119NO14Si5/c1-18-84(16,17)59-47-56-55(78-56)46-54(80-85(19-2,20-3)21-4)48-68(74)49-58(81-86(22-5,23-6)24-7)60(65(71)72)57(79-68)45-53(44-40-35-33-31-32-34-37-41-50(14)75-66(59)73)77-67-63(83-88(28-11,29-12)30-13)61(69-64(70)52-42-38-36-39-43-52)62(51(15)76-67)82-87(25-8,26-9)27-10/h31-40,42-44,50-51,53-63,67,74H,18-30,41,45-49H2,1-17H3,(H,69,70)(H,71,72)/b32-31+,35-33+,37-34+,44-40+/t50-,51-,53+,54+,55-,56-,57+,58+,59?,60+,61+,62-,63+,67+,68-/m1/s1. The first kappa shape index (κ1) is 76.0. The molecule has 15 nitrogen and oxygen atoms in total. The molecule has 3 saturated heterocycles. The first-order valence-electron chi connectivity index (χ1n) is 34.4. The van der Waals surface area contributed by atoms with Gasteiger partial charge in [-0.3, -0.25) is 14.4 Å². The summed E-state index contributed by atoms with van der Waals surface area (Å²) >= 11 is 0. The molecule has 0 aromatic heterocycles. The molecule has 3 fully saturated rings. The van der Waals surface area contributed by atoms with Crippen LogP contribution in [0.5, 0.6) is 0 Å². The minimum atomic E-state index is -2.55. The van der Waals surface area contributed by atoms with Crippen LogP contribution in [0.25, 0.3) is 0 Å². The number of aliphatic carboxylic acids is 1. The Bertz CT molecular complexity index is 2380. The normalized spacial score (nSPS) is 32.4. The molecule has 1 aromatic rings. The van der Waals surface area contributed by atoms with Gasteiger partial charge in [0.15, 0.2) is 45.3 Å². The number of esters is 1. The summed E-state index contributed by atoms with van der Waals surface area (Å²) in [5.41, 5.74) is 0.231. The van der Waals surface area contributed by atoms with E-state index < -0.39 is 114 Å². The van der Waals surface area contributed by atoms with Gasteiger partial charge in [0.2, 0.25) is 0 Å². The van der Waals surface area contributed by atoms with E-state index >= 15 is 0 Å². The number of hydrogen-bond acceptors (Lipinski definition) is 13. The van der Waals surface area contributed by atoms with Crippen LogP contribution < -0.4 is 5.32 Å². The number of fused-ring (bicyclic) bond motifs is 3. The number of nitrogens with one attached hydrogen (secondary N) is 1. The molecule has 88 heavy (non-hydrogen) atoms. The number of carboxylic acid groups (broad SMARTS) is 1. The zero-order valence-corrected chi connectivity index (χ0v) is 62.3. The Kier molecular flexibility index (Phi) is 30.2. The maximum absolute atomic E-state index is 14.7. The van der Waals surface area contributed by atoms with E-state index in [2.05, 4.69) is 108 Å². The number of benzene rings is 1. The van der Waals surface area contributed by atoms with Crippen LogP contribution in [0.2, 0.25) is 97.2 Å². The van der Waals surface area contributed by atoms with Crippen LogP contribution in [0.1, 0.15) is 153 Å². The van der Waals surface area contributed by atoms with Crippen molar-refractivity contribution in [2.45, 2.75) is 319 Å². The lowest BCUT2D eigenvalue weighted by Gasteiger charge is -2.51. The van der Waals surface area contributed by atoms with Gasteiger partial charge in [-0.2, -0.15) is 0 Å². The lowest BCUT2D eigenvalue weighted by molar-refractivity contribution is -0.305. The first-order valence-corrected chi connectivity index (χ1v) is 47.8. The second kappa shape index (κ2) is 35.0. The molecule has 5 rings (SSSR count). The van der Waals surface area contributed by atoms with E-state index in [1.807, 2.05) is 92.8 Å². The van der Waals surface area contributed by atoms with Crippen molar-refractivity contribution in [3.63, 3.8) is 0 Å². The van der Waals surface area contributed by atoms with Crippen LogP contribution in [0.15, 0.2) is 78.9 Å². The predicted octanol–water partition coefficient (Wildman–Crippen LogP) is 15.6. The van der Waals surface area contributed by atoms with Crippen molar-refractivity contribution in [3.8, 4) is 0 Å². The average molecular weight is 1320 g/mol. The highest BCUT2D eigenvalue weighted by Gasteiger charge is 2.57. The smallest absolute Gasteiger partial charge is 0.311 e. The minimum absolute atomic E-state index is 0.0119. The molecule has 0 radical (unpaired) electrons. The second-order valence-corrected chi connectivity index (χ2v) is 50.8. The number of allylic oxidation sites excluding steroid dienone is 6. The molecule has 1 unspecified atom stereocenters. The summed E-state index contributed by atoms with van der Waals surface area (Å²) in [4.78, 5) is 43.1. The monoisotopic (exact) mass is 1310 g/mol. The molecule has 1 amide bonds. The van der Waals surface area contributed by atoms with Crippen LogP contribution >= 0.6 is 0 Å². The van der Waals surface area contributed by atoms with Crippen molar-refractivity contribution in [2.75, 3.05) is 0 Å². The zero-order valence-electron chi connectivity index (χ0n) is 57.3. The molecule has 0 spiro atoms. The Balaban J connectivity index is 1.73. The molecule has 4 aliphatic heterocycles. The number of amides is 1. The molecule has 0 saturated carbocycles. The van der Waals surface area contributed by atoms with Crippen molar-refractivity contribution in [1.29, 1.82) is 0 Å². The fraction of sp³-hybridized carbons (Fsp3) is 0.750. The fourth-order valence-electron chi connectivity index (χ4n) is 13.8. The lowest BCUT2D eigenvalue weighted by Crippen LogP contribution is -2.68. The average Bonchev–Trinajstić information content (AvgIpc) is 2.73. The number of rotatable bonds is 27. The van der Waals surface area contributed by atoms with Gasteiger partial charge in [0.25, 0.3) is 5.91 Å². The Hall–Kier alpha value is -2.69. The Labute approximate surface area is 536 Å². The second-order valence-electron chi connectivity index (χ2n) is 26.5. The Morgan fingerprint density at radius 3 is 1.67 bits per heavy atom. The summed E-state index contributed by atoms with van der Waals surface area (Å²) in [5, 5.41) is 28.7. The summed E-state index contributed by atoms with van der Waals surface area (Å²) in [5.74, 6) is -4.60. The van der Waals surface area contributed by atoms with E-state index in [0.29, 0.717) is 24.8 Å². The van der Waals surface area contributed by atoms with Gasteiger partial charge in [-0.15, -0.1) is 0 Å². The molecule has 20 heteroatoms. The van der Waals surface area contributed by atoms with Gasteiger partial charge in [0.1, 0.15) is 18.1 Å². The highest BCUT2D eigenvalue weighted by molar-refractivity contribution is 6.81. The van der Waals surface area contributed by atoms with E-state index in [1.54, 1.807) is 0 Å². The highest BCUT2D eigenvalue weighted by atomic mass is 28.4. The van der Waals surface area contributed by atoms with Crippen molar-refractivity contribution >= 4 is 59.2 Å². The molecule has 15 atom stereocenters. The lowest BCUT2D eigenvalue weighted by atomic mass is 9.83. The number of hydrogen-bond donors (Lipinski definition) is 3. The number of carboxylic acids is 1. The topological polar surface area (TPSA) is 190 Å². The quantitative estimate of drug-likeness (QED) is 0.0428. The van der Waals surface area contributed by atoms with Gasteiger partial charge in [0, 0.05) is 37.7 Å². The van der Waals surface area contributed by atoms with Gasteiger partial charge in [-0.25, -0.2) is 0 Å². The number of carbonyl (C=O) groups excluding carboxylic acids is 2. The van der Waals surface area contributed by atoms with Crippen LogP contribution in [-0.4, -0.2) is 149 Å². The summed E-state index contributed by atoms with van der Waals surface area (Å²) < 4.78 is 64.3. The number of ether oxygens (including phenoxy) is 5. The number of cyclic esters (lactones) is 1. The highest BCUT2D eigenvalue weighted by Crippen LogP contribution is 2.46. The SMILES string of the molecule is CC[Si](CC)(CC)O[C@H]1C[C@H]2O[C@@H]2CC([Si](C)(C)CC)C(=O)O[C@H](C)C/C=C/C=C/C=C/C=C/[C@H](O[C@@H]2O[C@H](C)[C@@H](O[Si](CC)(CC)CC)[C@H](NC(=O)c3ccccc3)[C@@H]2O[Si](CC)(CC)CC)C[C@@H]2O[C@](O)(C1)C[C@H](O[Si](CC)(CC)CC)[C@H]2C(=O)O. The Morgan fingerprint density at radius 2 is 1.12 bits per heavy atom. The largest absolute Gasteiger partial charge is 0.481 e. The van der Waals surface area contributed by atoms with E-state index in [0.717, 1.165) is 78.6 Å². The van der Waals surface area contributed by atoms with Crippen molar-refractivity contribution in [3.05, 3.63) is 84.5 Å². The summed E-state index contributed by atoms with van der Waals surface area (Å²) in [6, 6.07) is 19.5. The van der Waals surface area contributed by atoms with E-state index in [9.17, 15) is 24.6 Å². The van der Waals surface area contributed by atoms with Crippen LogP contribution in [0, 0.1) is 5.92 Å².